The first-order valence-corrected chi connectivity index (χ1v) is 6.80. The number of aromatic nitrogens is 2. The molecule has 0 aliphatic rings. The molecule has 1 aromatic heterocycles. The van der Waals surface area contributed by atoms with Crippen LogP contribution in [0, 0.1) is 0 Å². The lowest BCUT2D eigenvalue weighted by Crippen LogP contribution is -2.00. The van der Waals surface area contributed by atoms with Gasteiger partial charge in [0, 0.05) is 12.0 Å². The molecule has 1 N–H and O–H groups in total. The van der Waals surface area contributed by atoms with E-state index in [2.05, 4.69) is 25.9 Å². The number of aliphatic hydroxyl groups is 1. The summed E-state index contributed by atoms with van der Waals surface area (Å²) >= 11 is 3.35. The third-order valence-electron chi connectivity index (χ3n) is 2.51. The minimum absolute atomic E-state index is 0.0120. The molecule has 0 aliphatic carbocycles. The fourth-order valence-electron chi connectivity index (χ4n) is 1.55. The van der Waals surface area contributed by atoms with E-state index in [1.165, 1.54) is 0 Å². The molecule has 0 saturated heterocycles. The van der Waals surface area contributed by atoms with Gasteiger partial charge < -0.3 is 9.84 Å². The van der Waals surface area contributed by atoms with Gasteiger partial charge in [0.1, 0.15) is 16.2 Å². The Morgan fingerprint density at radius 2 is 2.05 bits per heavy atom. The average molecular weight is 323 g/mol. The number of rotatable bonds is 4. The second kappa shape index (κ2) is 6.12. The van der Waals surface area contributed by atoms with E-state index in [1.807, 2.05) is 32.0 Å². The van der Waals surface area contributed by atoms with Crippen molar-refractivity contribution in [2.24, 2.45) is 0 Å². The normalized spacial score (nSPS) is 10.8. The van der Waals surface area contributed by atoms with Crippen LogP contribution < -0.4 is 4.74 Å². The third-order valence-corrected chi connectivity index (χ3v) is 2.91. The first-order valence-electron chi connectivity index (χ1n) is 6.00. The van der Waals surface area contributed by atoms with Crippen LogP contribution in [-0.2, 0) is 6.61 Å². The molecule has 0 bridgehead atoms. The molecule has 2 aromatic rings. The monoisotopic (exact) mass is 322 g/mol. The molecule has 0 unspecified atom stereocenters. The van der Waals surface area contributed by atoms with Crippen LogP contribution in [0.5, 0.6) is 11.6 Å². The van der Waals surface area contributed by atoms with Gasteiger partial charge in [-0.3, -0.25) is 0 Å². The fourth-order valence-corrected chi connectivity index (χ4v) is 1.93. The van der Waals surface area contributed by atoms with Crippen molar-refractivity contribution in [3.63, 3.8) is 0 Å². The van der Waals surface area contributed by atoms with Gasteiger partial charge in [0.2, 0.25) is 5.88 Å². The summed E-state index contributed by atoms with van der Waals surface area (Å²) in [5, 5.41) is 9.10. The van der Waals surface area contributed by atoms with E-state index in [-0.39, 0.29) is 12.5 Å². The molecule has 1 aromatic carbocycles. The molecule has 4 nitrogen and oxygen atoms in total. The first-order chi connectivity index (χ1) is 9.08. The number of hydrogen-bond donors (Lipinski definition) is 1. The SMILES string of the molecule is CC(C)c1nc(Br)cc(Oc2cccc(CO)c2)n1. The Morgan fingerprint density at radius 3 is 2.74 bits per heavy atom. The molecule has 0 radical (unpaired) electrons. The Morgan fingerprint density at radius 1 is 1.26 bits per heavy atom. The van der Waals surface area contributed by atoms with Crippen molar-refractivity contribution in [2.75, 3.05) is 0 Å². The van der Waals surface area contributed by atoms with Gasteiger partial charge in [0.15, 0.2) is 0 Å². The van der Waals surface area contributed by atoms with Crippen LogP contribution in [0.1, 0.15) is 31.2 Å². The quantitative estimate of drug-likeness (QED) is 0.873. The standard InChI is InChI=1S/C14H15BrN2O2/c1-9(2)14-16-12(15)7-13(17-14)19-11-5-3-4-10(6-11)8-18/h3-7,9,18H,8H2,1-2H3. The number of hydrogen-bond acceptors (Lipinski definition) is 4. The third kappa shape index (κ3) is 3.75. The van der Waals surface area contributed by atoms with Crippen molar-refractivity contribution in [2.45, 2.75) is 26.4 Å². The van der Waals surface area contributed by atoms with Crippen molar-refractivity contribution in [3.8, 4) is 11.6 Å². The molecule has 5 heteroatoms. The Kier molecular flexibility index (Phi) is 4.50. The predicted octanol–water partition coefficient (Wildman–Crippen LogP) is 3.65. The molecule has 0 saturated carbocycles. The highest BCUT2D eigenvalue weighted by Crippen LogP contribution is 2.24. The molecule has 0 spiro atoms. The Labute approximate surface area is 120 Å². The molecule has 0 atom stereocenters. The van der Waals surface area contributed by atoms with E-state index < -0.39 is 0 Å². The van der Waals surface area contributed by atoms with Gasteiger partial charge >= 0.3 is 0 Å². The van der Waals surface area contributed by atoms with Gasteiger partial charge in [-0.2, -0.15) is 4.98 Å². The number of ether oxygens (including phenoxy) is 1. The van der Waals surface area contributed by atoms with Crippen LogP contribution in [0.4, 0.5) is 0 Å². The molecule has 100 valence electrons. The van der Waals surface area contributed by atoms with Crippen LogP contribution in [-0.4, -0.2) is 15.1 Å². The fraction of sp³-hybridized carbons (Fsp3) is 0.286. The Hall–Kier alpha value is -1.46. The zero-order valence-electron chi connectivity index (χ0n) is 10.8. The van der Waals surface area contributed by atoms with Crippen LogP contribution >= 0.6 is 15.9 Å². The topological polar surface area (TPSA) is 55.2 Å². The molecule has 0 aliphatic heterocycles. The Bertz CT molecular complexity index is 573. The largest absolute Gasteiger partial charge is 0.439 e. The molecular formula is C14H15BrN2O2. The maximum atomic E-state index is 9.10. The molecular weight excluding hydrogens is 308 g/mol. The van der Waals surface area contributed by atoms with Crippen LogP contribution in [0.2, 0.25) is 0 Å². The highest BCUT2D eigenvalue weighted by Gasteiger charge is 2.08. The van der Waals surface area contributed by atoms with E-state index in [0.717, 1.165) is 11.4 Å². The minimum atomic E-state index is -0.0120. The van der Waals surface area contributed by atoms with Gasteiger partial charge in [-0.15, -0.1) is 0 Å². The summed E-state index contributed by atoms with van der Waals surface area (Å²) in [6.45, 7) is 4.04. The maximum absolute atomic E-state index is 9.10. The summed E-state index contributed by atoms with van der Waals surface area (Å²) in [5.41, 5.74) is 0.801. The van der Waals surface area contributed by atoms with Crippen LogP contribution in [0.15, 0.2) is 34.9 Å². The minimum Gasteiger partial charge on any atom is -0.439 e. The van der Waals surface area contributed by atoms with E-state index in [4.69, 9.17) is 9.84 Å². The second-order valence-corrected chi connectivity index (χ2v) is 5.26. The van der Waals surface area contributed by atoms with Crippen molar-refractivity contribution in [3.05, 3.63) is 46.3 Å². The number of halogens is 1. The van der Waals surface area contributed by atoms with Crippen molar-refractivity contribution >= 4 is 15.9 Å². The summed E-state index contributed by atoms with van der Waals surface area (Å²) in [7, 11) is 0. The van der Waals surface area contributed by atoms with Crippen LogP contribution in [0.25, 0.3) is 0 Å². The highest BCUT2D eigenvalue weighted by molar-refractivity contribution is 9.10. The zero-order chi connectivity index (χ0) is 13.8. The van der Waals surface area contributed by atoms with Gasteiger partial charge in [0.25, 0.3) is 0 Å². The molecule has 2 rings (SSSR count). The smallest absolute Gasteiger partial charge is 0.223 e. The molecule has 0 fully saturated rings. The number of benzene rings is 1. The maximum Gasteiger partial charge on any atom is 0.223 e. The van der Waals surface area contributed by atoms with E-state index in [0.29, 0.717) is 16.2 Å². The van der Waals surface area contributed by atoms with E-state index >= 15 is 0 Å². The van der Waals surface area contributed by atoms with E-state index in [1.54, 1.807) is 12.1 Å². The lowest BCUT2D eigenvalue weighted by atomic mass is 10.2. The summed E-state index contributed by atoms with van der Waals surface area (Å²) in [5.74, 6) is 2.08. The van der Waals surface area contributed by atoms with Gasteiger partial charge in [-0.1, -0.05) is 26.0 Å². The average Bonchev–Trinajstić information content (AvgIpc) is 2.38. The molecule has 1 heterocycles. The van der Waals surface area contributed by atoms with Crippen molar-refractivity contribution in [1.82, 2.24) is 9.97 Å². The first kappa shape index (κ1) is 14.0. The van der Waals surface area contributed by atoms with Gasteiger partial charge in [0.05, 0.1) is 6.61 Å². The number of nitrogens with zero attached hydrogens (tertiary/aromatic N) is 2. The second-order valence-electron chi connectivity index (χ2n) is 4.45. The van der Waals surface area contributed by atoms with Gasteiger partial charge in [-0.25, -0.2) is 4.98 Å². The highest BCUT2D eigenvalue weighted by atomic mass is 79.9. The summed E-state index contributed by atoms with van der Waals surface area (Å²) in [6, 6.07) is 9.00. The Balaban J connectivity index is 2.27. The van der Waals surface area contributed by atoms with Crippen molar-refractivity contribution < 1.29 is 9.84 Å². The summed E-state index contributed by atoms with van der Waals surface area (Å²) in [4.78, 5) is 8.65. The van der Waals surface area contributed by atoms with E-state index in [9.17, 15) is 0 Å². The predicted molar refractivity (Wildman–Crippen MR) is 76.3 cm³/mol. The van der Waals surface area contributed by atoms with Crippen molar-refractivity contribution in [1.29, 1.82) is 0 Å². The lowest BCUT2D eigenvalue weighted by molar-refractivity contribution is 0.281. The summed E-state index contributed by atoms with van der Waals surface area (Å²) in [6.07, 6.45) is 0. The van der Waals surface area contributed by atoms with Gasteiger partial charge in [-0.05, 0) is 33.6 Å². The zero-order valence-corrected chi connectivity index (χ0v) is 12.4. The summed E-state index contributed by atoms with van der Waals surface area (Å²) < 4.78 is 6.39. The lowest BCUT2D eigenvalue weighted by Gasteiger charge is -2.09. The van der Waals surface area contributed by atoms with Crippen LogP contribution in [0.3, 0.4) is 0 Å². The molecule has 19 heavy (non-hydrogen) atoms. The number of aliphatic hydroxyl groups excluding tert-OH is 1. The molecule has 0 amide bonds.